The van der Waals surface area contributed by atoms with Crippen molar-refractivity contribution >= 4 is 22.5 Å². The highest BCUT2D eigenvalue weighted by Crippen LogP contribution is 2.23. The SMILES string of the molecule is O=c1[nH]cnc2c(Cl)cc(F)c(F)c12. The van der Waals surface area contributed by atoms with Gasteiger partial charge in [-0.05, 0) is 6.07 Å². The monoisotopic (exact) mass is 216 g/mol. The number of aromatic nitrogens is 2. The first kappa shape index (κ1) is 9.08. The van der Waals surface area contributed by atoms with Crippen molar-refractivity contribution in [3.8, 4) is 0 Å². The molecule has 0 unspecified atom stereocenters. The summed E-state index contributed by atoms with van der Waals surface area (Å²) in [7, 11) is 0. The van der Waals surface area contributed by atoms with Crippen molar-refractivity contribution in [1.82, 2.24) is 9.97 Å². The Balaban J connectivity index is 3.11. The van der Waals surface area contributed by atoms with Crippen LogP contribution in [0.25, 0.3) is 10.9 Å². The van der Waals surface area contributed by atoms with Crippen molar-refractivity contribution in [1.29, 1.82) is 0 Å². The molecule has 0 saturated heterocycles. The largest absolute Gasteiger partial charge is 0.313 e. The van der Waals surface area contributed by atoms with E-state index in [1.165, 1.54) is 0 Å². The molecule has 0 aliphatic carbocycles. The predicted molar refractivity (Wildman–Crippen MR) is 47.3 cm³/mol. The number of hydrogen-bond acceptors (Lipinski definition) is 2. The Hall–Kier alpha value is -1.49. The van der Waals surface area contributed by atoms with E-state index in [0.717, 1.165) is 12.4 Å². The van der Waals surface area contributed by atoms with Gasteiger partial charge in [0.05, 0.1) is 16.9 Å². The molecule has 6 heteroatoms. The Kier molecular flexibility index (Phi) is 1.96. The standard InChI is InChI=1S/C8H3ClF2N2O/c9-3-1-4(10)6(11)5-7(3)12-2-13-8(5)14/h1-2H,(H,12,13,14). The van der Waals surface area contributed by atoms with Crippen molar-refractivity contribution in [3.63, 3.8) is 0 Å². The first-order chi connectivity index (χ1) is 6.61. The van der Waals surface area contributed by atoms with Gasteiger partial charge in [-0.3, -0.25) is 4.79 Å². The maximum atomic E-state index is 13.1. The highest BCUT2D eigenvalue weighted by Gasteiger charge is 2.14. The number of hydrogen-bond donors (Lipinski definition) is 1. The van der Waals surface area contributed by atoms with E-state index in [2.05, 4.69) is 9.97 Å². The van der Waals surface area contributed by atoms with Crippen molar-refractivity contribution in [3.05, 3.63) is 39.4 Å². The molecule has 1 aromatic carbocycles. The summed E-state index contributed by atoms with van der Waals surface area (Å²) in [5.74, 6) is -2.40. The molecule has 0 radical (unpaired) electrons. The first-order valence-corrected chi connectivity index (χ1v) is 4.00. The molecule has 3 nitrogen and oxygen atoms in total. The van der Waals surface area contributed by atoms with Crippen LogP contribution in [0.5, 0.6) is 0 Å². The molecular weight excluding hydrogens is 214 g/mol. The molecule has 0 atom stereocenters. The Morgan fingerprint density at radius 1 is 1.43 bits per heavy atom. The van der Waals surface area contributed by atoms with E-state index < -0.39 is 22.6 Å². The summed E-state index contributed by atoms with van der Waals surface area (Å²) in [6, 6.07) is 0.783. The van der Waals surface area contributed by atoms with E-state index in [-0.39, 0.29) is 10.5 Å². The van der Waals surface area contributed by atoms with Crippen LogP contribution in [0.4, 0.5) is 8.78 Å². The molecule has 1 N–H and O–H groups in total. The van der Waals surface area contributed by atoms with Crippen molar-refractivity contribution in [2.75, 3.05) is 0 Å². The predicted octanol–water partition coefficient (Wildman–Crippen LogP) is 1.85. The van der Waals surface area contributed by atoms with Crippen LogP contribution in [-0.4, -0.2) is 9.97 Å². The lowest BCUT2D eigenvalue weighted by Gasteiger charge is -2.00. The molecule has 0 aliphatic heterocycles. The normalized spacial score (nSPS) is 10.8. The molecule has 0 bridgehead atoms. The van der Waals surface area contributed by atoms with Crippen molar-refractivity contribution < 1.29 is 8.78 Å². The summed E-state index contributed by atoms with van der Waals surface area (Å²) in [6.07, 6.45) is 1.08. The number of H-pyrrole nitrogens is 1. The fraction of sp³-hybridized carbons (Fsp3) is 0. The minimum absolute atomic E-state index is 0.0469. The second-order valence-electron chi connectivity index (χ2n) is 2.61. The molecule has 1 aromatic heterocycles. The smallest absolute Gasteiger partial charge is 0.261 e. The third kappa shape index (κ3) is 1.17. The van der Waals surface area contributed by atoms with Crippen molar-refractivity contribution in [2.45, 2.75) is 0 Å². The summed E-state index contributed by atoms with van der Waals surface area (Å²) < 4.78 is 26.0. The zero-order chi connectivity index (χ0) is 10.3. The summed E-state index contributed by atoms with van der Waals surface area (Å²) in [4.78, 5) is 16.9. The molecule has 72 valence electrons. The number of fused-ring (bicyclic) bond motifs is 1. The van der Waals surface area contributed by atoms with Gasteiger partial charge < -0.3 is 4.98 Å². The van der Waals surface area contributed by atoms with E-state index in [4.69, 9.17) is 11.6 Å². The molecular formula is C8H3ClF2N2O. The van der Waals surface area contributed by atoms with Crippen LogP contribution < -0.4 is 5.56 Å². The first-order valence-electron chi connectivity index (χ1n) is 3.62. The lowest BCUT2D eigenvalue weighted by Crippen LogP contribution is -2.09. The van der Waals surface area contributed by atoms with Gasteiger partial charge >= 0.3 is 0 Å². The van der Waals surface area contributed by atoms with Crippen molar-refractivity contribution in [2.24, 2.45) is 0 Å². The quantitative estimate of drug-likeness (QED) is 0.683. The zero-order valence-corrected chi connectivity index (χ0v) is 7.40. The van der Waals surface area contributed by atoms with Gasteiger partial charge in [0, 0.05) is 0 Å². The number of nitrogens with zero attached hydrogens (tertiary/aromatic N) is 1. The van der Waals surface area contributed by atoms with Crippen LogP contribution in [0.3, 0.4) is 0 Å². The number of aromatic amines is 1. The maximum absolute atomic E-state index is 13.1. The molecule has 1 heterocycles. The second kappa shape index (κ2) is 3.02. The number of rotatable bonds is 0. The number of halogens is 3. The van der Waals surface area contributed by atoms with Crippen LogP contribution in [0, 0.1) is 11.6 Å². The fourth-order valence-corrected chi connectivity index (χ4v) is 1.39. The van der Waals surface area contributed by atoms with E-state index in [0.29, 0.717) is 0 Å². The van der Waals surface area contributed by atoms with Gasteiger partial charge in [-0.1, -0.05) is 11.6 Å². The van der Waals surface area contributed by atoms with Gasteiger partial charge in [-0.25, -0.2) is 13.8 Å². The molecule has 14 heavy (non-hydrogen) atoms. The summed E-state index contributed by atoms with van der Waals surface area (Å²) in [5, 5.41) is -0.553. The van der Waals surface area contributed by atoms with E-state index in [9.17, 15) is 13.6 Å². The zero-order valence-electron chi connectivity index (χ0n) is 6.64. The Morgan fingerprint density at radius 2 is 2.14 bits per heavy atom. The van der Waals surface area contributed by atoms with Crippen LogP contribution in [0.1, 0.15) is 0 Å². The lowest BCUT2D eigenvalue weighted by molar-refractivity contribution is 0.516. The molecule has 0 saturated carbocycles. The third-order valence-corrected chi connectivity index (χ3v) is 2.05. The van der Waals surface area contributed by atoms with E-state index >= 15 is 0 Å². The average Bonchev–Trinajstić information content (AvgIpc) is 2.14. The van der Waals surface area contributed by atoms with Crippen LogP contribution in [-0.2, 0) is 0 Å². The van der Waals surface area contributed by atoms with Gasteiger partial charge in [0.1, 0.15) is 5.39 Å². The van der Waals surface area contributed by atoms with E-state index in [1.54, 1.807) is 0 Å². The molecule has 0 fully saturated rings. The minimum Gasteiger partial charge on any atom is -0.313 e. The molecule has 2 rings (SSSR count). The fourth-order valence-electron chi connectivity index (χ4n) is 1.15. The number of benzene rings is 1. The highest BCUT2D eigenvalue weighted by atomic mass is 35.5. The highest BCUT2D eigenvalue weighted by molar-refractivity contribution is 6.35. The van der Waals surface area contributed by atoms with Gasteiger partial charge in [0.25, 0.3) is 5.56 Å². The van der Waals surface area contributed by atoms with Gasteiger partial charge in [-0.2, -0.15) is 0 Å². The van der Waals surface area contributed by atoms with Crippen LogP contribution in [0.2, 0.25) is 5.02 Å². The van der Waals surface area contributed by atoms with Gasteiger partial charge in [0.2, 0.25) is 0 Å². The number of nitrogens with one attached hydrogen (secondary N) is 1. The van der Waals surface area contributed by atoms with Crippen LogP contribution in [0.15, 0.2) is 17.2 Å². The summed E-state index contributed by atoms with van der Waals surface area (Å²) >= 11 is 5.58. The second-order valence-corrected chi connectivity index (χ2v) is 3.02. The Labute approximate surface area is 81.3 Å². The average molecular weight is 217 g/mol. The molecule has 0 amide bonds. The topological polar surface area (TPSA) is 45.8 Å². The Bertz CT molecular complexity index is 567. The molecule has 2 aromatic rings. The summed E-state index contributed by atoms with van der Waals surface area (Å²) in [6.45, 7) is 0. The van der Waals surface area contributed by atoms with Gasteiger partial charge in [-0.15, -0.1) is 0 Å². The van der Waals surface area contributed by atoms with E-state index in [1.807, 2.05) is 0 Å². The lowest BCUT2D eigenvalue weighted by atomic mass is 10.2. The molecule has 0 aliphatic rings. The summed E-state index contributed by atoms with van der Waals surface area (Å²) in [5.41, 5.74) is -0.803. The Morgan fingerprint density at radius 3 is 2.86 bits per heavy atom. The van der Waals surface area contributed by atoms with Gasteiger partial charge in [0.15, 0.2) is 11.6 Å². The minimum atomic E-state index is -1.24. The maximum Gasteiger partial charge on any atom is 0.261 e. The third-order valence-electron chi connectivity index (χ3n) is 1.76. The molecule has 0 spiro atoms. The van der Waals surface area contributed by atoms with Crippen LogP contribution >= 0.6 is 11.6 Å².